The van der Waals surface area contributed by atoms with Gasteiger partial charge in [0, 0.05) is 13.6 Å². The fourth-order valence-corrected chi connectivity index (χ4v) is 3.79. The van der Waals surface area contributed by atoms with E-state index in [9.17, 15) is 14.9 Å². The van der Waals surface area contributed by atoms with E-state index in [0.29, 0.717) is 24.4 Å². The minimum atomic E-state index is -0.625. The van der Waals surface area contributed by atoms with Gasteiger partial charge in [-0.1, -0.05) is 12.1 Å². The highest BCUT2D eigenvalue weighted by Gasteiger charge is 2.36. The van der Waals surface area contributed by atoms with Gasteiger partial charge in [-0.05, 0) is 59.1 Å². The van der Waals surface area contributed by atoms with Crippen molar-refractivity contribution < 1.29 is 19.2 Å². The monoisotopic (exact) mass is 471 g/mol. The largest absolute Gasteiger partial charge is 0.495 e. The summed E-state index contributed by atoms with van der Waals surface area (Å²) in [6.07, 6.45) is 0.781. The lowest BCUT2D eigenvalue weighted by molar-refractivity contribution is -0.385. The Morgan fingerprint density at radius 3 is 2.68 bits per heavy atom. The van der Waals surface area contributed by atoms with E-state index in [1.165, 1.54) is 7.11 Å². The molecule has 0 aliphatic carbocycles. The Morgan fingerprint density at radius 2 is 2.06 bits per heavy atom. The fraction of sp³-hybridized carbons (Fsp3) is 0.478. The van der Waals surface area contributed by atoms with E-state index in [2.05, 4.69) is 22.2 Å². The van der Waals surface area contributed by atoms with Gasteiger partial charge < -0.3 is 19.7 Å². The molecule has 1 amide bonds. The molecule has 34 heavy (non-hydrogen) atoms. The van der Waals surface area contributed by atoms with Crippen molar-refractivity contribution >= 4 is 29.2 Å². The summed E-state index contributed by atoms with van der Waals surface area (Å²) in [5.74, 6) is 0.766. The van der Waals surface area contributed by atoms with E-state index < -0.39 is 16.6 Å². The van der Waals surface area contributed by atoms with E-state index in [1.54, 1.807) is 41.1 Å². The fourth-order valence-electron chi connectivity index (χ4n) is 3.79. The van der Waals surface area contributed by atoms with Crippen LogP contribution >= 0.6 is 0 Å². The molecule has 0 spiro atoms. The molecule has 0 unspecified atom stereocenters. The molecular weight excluding hydrogens is 440 g/mol. The van der Waals surface area contributed by atoms with E-state index >= 15 is 0 Å². The second kappa shape index (κ2) is 10.1. The van der Waals surface area contributed by atoms with Gasteiger partial charge in [-0.25, -0.2) is 9.78 Å². The molecule has 0 bridgehead atoms. The first-order valence-corrected chi connectivity index (χ1v) is 11.0. The third kappa shape index (κ3) is 5.46. The van der Waals surface area contributed by atoms with Crippen molar-refractivity contribution in [1.82, 2.24) is 14.9 Å². The number of nitro groups is 1. The number of ether oxygens (including phenoxy) is 2. The number of carbonyl (C=O) groups excluding carboxylic acids is 1. The number of hydrogen-bond acceptors (Lipinski definition) is 9. The maximum Gasteiger partial charge on any atom is 0.411 e. The third-order valence-electron chi connectivity index (χ3n) is 5.34. The van der Waals surface area contributed by atoms with E-state index in [1.807, 2.05) is 20.8 Å². The minimum absolute atomic E-state index is 0.0202. The SMILES string of the molecule is [CH2]Cc1nc(N(C)[C@H]2CCCN2C(=O)OC(C)(C)C)nc(Nc2ccccc2OC)c1[N+](=O)[O-]. The molecule has 1 radical (unpaired) electrons. The van der Waals surface area contributed by atoms with E-state index in [4.69, 9.17) is 9.47 Å². The van der Waals surface area contributed by atoms with Gasteiger partial charge in [0.15, 0.2) is 0 Å². The van der Waals surface area contributed by atoms with Gasteiger partial charge in [0.05, 0.1) is 17.7 Å². The topological polar surface area (TPSA) is 123 Å². The minimum Gasteiger partial charge on any atom is -0.495 e. The highest BCUT2D eigenvalue weighted by atomic mass is 16.6. The maximum atomic E-state index is 12.8. The predicted octanol–water partition coefficient (Wildman–Crippen LogP) is 4.31. The third-order valence-corrected chi connectivity index (χ3v) is 5.34. The van der Waals surface area contributed by atoms with Crippen LogP contribution in [0, 0.1) is 17.0 Å². The number of nitrogens with zero attached hydrogens (tertiary/aromatic N) is 5. The van der Waals surface area contributed by atoms with Crippen molar-refractivity contribution in [3.05, 3.63) is 47.0 Å². The molecule has 1 atom stereocenters. The van der Waals surface area contributed by atoms with Crippen LogP contribution in [0.5, 0.6) is 5.75 Å². The summed E-state index contributed by atoms with van der Waals surface area (Å²) >= 11 is 0. The number of anilines is 3. The molecule has 11 heteroatoms. The molecule has 11 nitrogen and oxygen atoms in total. The molecule has 183 valence electrons. The zero-order valence-corrected chi connectivity index (χ0v) is 20.2. The molecule has 1 aliphatic rings. The number of rotatable bonds is 7. The summed E-state index contributed by atoms with van der Waals surface area (Å²) in [5, 5.41) is 14.9. The van der Waals surface area contributed by atoms with Gasteiger partial charge in [-0.15, -0.1) is 0 Å². The highest BCUT2D eigenvalue weighted by molar-refractivity contribution is 5.73. The summed E-state index contributed by atoms with van der Waals surface area (Å²) in [4.78, 5) is 36.4. The smallest absolute Gasteiger partial charge is 0.411 e. The number of methoxy groups -OCH3 is 1. The zero-order chi connectivity index (χ0) is 25.0. The van der Waals surface area contributed by atoms with Gasteiger partial charge in [0.2, 0.25) is 11.8 Å². The van der Waals surface area contributed by atoms with Crippen LogP contribution < -0.4 is 15.0 Å². The Labute approximate surface area is 199 Å². The van der Waals surface area contributed by atoms with Crippen LogP contribution in [-0.4, -0.2) is 58.4 Å². The lowest BCUT2D eigenvalue weighted by atomic mass is 10.2. The quantitative estimate of drug-likeness (QED) is 0.465. The van der Waals surface area contributed by atoms with Gasteiger partial charge in [-0.3, -0.25) is 15.0 Å². The number of likely N-dealkylation sites (tertiary alicyclic amines) is 1. The second-order valence-electron chi connectivity index (χ2n) is 8.91. The zero-order valence-electron chi connectivity index (χ0n) is 20.2. The van der Waals surface area contributed by atoms with Crippen LogP contribution in [-0.2, 0) is 11.2 Å². The van der Waals surface area contributed by atoms with Crippen molar-refractivity contribution in [2.45, 2.75) is 51.8 Å². The molecule has 2 aromatic rings. The number of aromatic nitrogens is 2. The molecule has 1 saturated heterocycles. The van der Waals surface area contributed by atoms with Crippen LogP contribution in [0.3, 0.4) is 0 Å². The van der Waals surface area contributed by atoms with Crippen molar-refractivity contribution in [3.63, 3.8) is 0 Å². The Kier molecular flexibility index (Phi) is 7.43. The molecule has 0 saturated carbocycles. The molecule has 1 N–H and O–H groups in total. The van der Waals surface area contributed by atoms with Gasteiger partial charge in [0.25, 0.3) is 0 Å². The first-order valence-electron chi connectivity index (χ1n) is 11.0. The summed E-state index contributed by atoms with van der Waals surface area (Å²) in [5.41, 5.74) is -0.180. The Morgan fingerprint density at radius 1 is 1.35 bits per heavy atom. The maximum absolute atomic E-state index is 12.8. The van der Waals surface area contributed by atoms with Crippen LogP contribution in [0.15, 0.2) is 24.3 Å². The normalized spacial score (nSPS) is 15.7. The van der Waals surface area contributed by atoms with Crippen LogP contribution in [0.1, 0.15) is 39.3 Å². The molecule has 1 fully saturated rings. The number of amides is 1. The first kappa shape index (κ1) is 25.0. The number of carbonyl (C=O) groups is 1. The highest BCUT2D eigenvalue weighted by Crippen LogP contribution is 2.35. The number of nitrogens with one attached hydrogen (secondary N) is 1. The summed E-state index contributed by atoms with van der Waals surface area (Å²) in [6, 6.07) is 7.05. The molecule has 3 rings (SSSR count). The van der Waals surface area contributed by atoms with Gasteiger partial charge in [0.1, 0.15) is 23.2 Å². The average molecular weight is 472 g/mol. The predicted molar refractivity (Wildman–Crippen MR) is 128 cm³/mol. The van der Waals surface area contributed by atoms with Crippen LogP contribution in [0.4, 0.5) is 27.9 Å². The molecular formula is C23H31N6O5. The van der Waals surface area contributed by atoms with E-state index in [0.717, 1.165) is 6.42 Å². The Bertz CT molecular complexity index is 1050. The van der Waals surface area contributed by atoms with Crippen LogP contribution in [0.25, 0.3) is 0 Å². The molecule has 2 heterocycles. The summed E-state index contributed by atoms with van der Waals surface area (Å²) in [6.45, 7) is 9.79. The molecule has 1 aliphatic heterocycles. The number of para-hydroxylation sites is 2. The lowest BCUT2D eigenvalue weighted by Crippen LogP contribution is -2.48. The number of hydrogen-bond donors (Lipinski definition) is 1. The Balaban J connectivity index is 2.00. The second-order valence-corrected chi connectivity index (χ2v) is 8.91. The standard InChI is InChI=1S/C23H31N6O5/c1-7-15-19(29(31)32)20(24-16-11-8-9-12-17(16)33-6)26-21(25-15)27(5)18-13-10-14-28(18)22(30)34-23(2,3)4/h8-9,11-12,18H,1,7,10,13-14H2,2-6H3,(H,24,25,26)/t18-/m1/s1. The van der Waals surface area contributed by atoms with Crippen LogP contribution in [0.2, 0.25) is 0 Å². The first-order chi connectivity index (χ1) is 16.1. The average Bonchev–Trinajstić information content (AvgIpc) is 3.27. The number of benzene rings is 1. The van der Waals surface area contributed by atoms with E-state index in [-0.39, 0.29) is 35.7 Å². The summed E-state index contributed by atoms with van der Waals surface area (Å²) in [7, 11) is 3.27. The summed E-state index contributed by atoms with van der Waals surface area (Å²) < 4.78 is 10.9. The van der Waals surface area contributed by atoms with Crippen molar-refractivity contribution in [2.75, 3.05) is 30.9 Å². The molecule has 1 aromatic carbocycles. The Hall–Kier alpha value is -3.63. The van der Waals surface area contributed by atoms with Gasteiger partial charge in [-0.2, -0.15) is 4.98 Å². The molecule has 1 aromatic heterocycles. The van der Waals surface area contributed by atoms with Gasteiger partial charge >= 0.3 is 11.8 Å². The van der Waals surface area contributed by atoms with Crippen molar-refractivity contribution in [2.24, 2.45) is 0 Å². The van der Waals surface area contributed by atoms with Crippen molar-refractivity contribution in [1.29, 1.82) is 0 Å². The lowest BCUT2D eigenvalue weighted by Gasteiger charge is -2.34. The van der Waals surface area contributed by atoms with Crippen molar-refractivity contribution in [3.8, 4) is 5.75 Å².